The van der Waals surface area contributed by atoms with E-state index in [1.54, 1.807) is 17.5 Å². The van der Waals surface area contributed by atoms with Crippen molar-refractivity contribution in [2.75, 3.05) is 4.90 Å². The van der Waals surface area contributed by atoms with Crippen molar-refractivity contribution < 1.29 is 29.1 Å². The molecule has 1 saturated heterocycles. The van der Waals surface area contributed by atoms with Crippen LogP contribution < -0.4 is 4.90 Å². The molecular weight excluding hydrogens is 360 g/mol. The number of aromatic carboxylic acids is 1. The van der Waals surface area contributed by atoms with E-state index >= 15 is 0 Å². The van der Waals surface area contributed by atoms with Crippen molar-refractivity contribution >= 4 is 46.3 Å². The number of carbonyl (C=O) groups excluding carboxylic acids is 3. The van der Waals surface area contributed by atoms with E-state index in [-0.39, 0.29) is 17.0 Å². The molecule has 26 heavy (non-hydrogen) atoms. The molecule has 2 amide bonds. The largest absolute Gasteiger partial charge is 0.478 e. The Labute approximate surface area is 150 Å². The average molecular weight is 370 g/mol. The van der Waals surface area contributed by atoms with Crippen LogP contribution in [-0.4, -0.2) is 40.5 Å². The van der Waals surface area contributed by atoms with Gasteiger partial charge in [-0.25, -0.2) is 9.69 Å². The number of hydrogen-bond donors (Lipinski definition) is 1. The summed E-state index contributed by atoms with van der Waals surface area (Å²) in [6.07, 6.45) is -1.26. The molecule has 2 atom stereocenters. The number of benzene rings is 1. The van der Waals surface area contributed by atoms with Gasteiger partial charge in [0.25, 0.3) is 5.91 Å². The van der Waals surface area contributed by atoms with Gasteiger partial charge in [-0.15, -0.1) is 11.3 Å². The maximum Gasteiger partial charge on any atom is 0.337 e. The number of amides is 2. The van der Waals surface area contributed by atoms with Gasteiger partial charge >= 0.3 is 5.97 Å². The van der Waals surface area contributed by atoms with Crippen molar-refractivity contribution in [1.82, 2.24) is 0 Å². The lowest BCUT2D eigenvalue weighted by Gasteiger charge is -2.17. The number of para-hydroxylation sites is 1. The van der Waals surface area contributed by atoms with Gasteiger partial charge in [0.2, 0.25) is 17.8 Å². The van der Waals surface area contributed by atoms with Crippen LogP contribution >= 0.6 is 11.3 Å². The highest BCUT2D eigenvalue weighted by atomic mass is 32.1. The van der Waals surface area contributed by atoms with Crippen molar-refractivity contribution in [2.24, 2.45) is 11.1 Å². The summed E-state index contributed by atoms with van der Waals surface area (Å²) in [4.78, 5) is 55.6. The van der Waals surface area contributed by atoms with Gasteiger partial charge in [-0.3, -0.25) is 14.4 Å². The smallest absolute Gasteiger partial charge is 0.337 e. The zero-order valence-electron chi connectivity index (χ0n) is 13.0. The molecule has 4 rings (SSSR count). The lowest BCUT2D eigenvalue weighted by molar-refractivity contribution is -0.126. The molecular formula is C17H10N2O6S. The van der Waals surface area contributed by atoms with Crippen LogP contribution in [0.15, 0.2) is 46.9 Å². The van der Waals surface area contributed by atoms with Gasteiger partial charge in [0.1, 0.15) is 11.6 Å². The van der Waals surface area contributed by atoms with Crippen LogP contribution in [0.25, 0.3) is 0 Å². The van der Waals surface area contributed by atoms with Gasteiger partial charge in [-0.05, 0) is 23.6 Å². The number of fused-ring (bicyclic) bond motifs is 1. The first-order chi connectivity index (χ1) is 12.5. The van der Waals surface area contributed by atoms with Crippen molar-refractivity contribution in [2.45, 2.75) is 6.10 Å². The number of anilines is 1. The fourth-order valence-electron chi connectivity index (χ4n) is 2.99. The third-order valence-electron chi connectivity index (χ3n) is 4.17. The minimum Gasteiger partial charge on any atom is -0.478 e. The van der Waals surface area contributed by atoms with Crippen LogP contribution in [0.4, 0.5) is 5.69 Å². The highest BCUT2D eigenvalue weighted by Crippen LogP contribution is 2.35. The molecule has 9 heteroatoms. The Morgan fingerprint density at radius 2 is 1.88 bits per heavy atom. The average Bonchev–Trinajstić information content (AvgIpc) is 3.34. The number of carbonyl (C=O) groups is 4. The van der Waals surface area contributed by atoms with Crippen molar-refractivity contribution in [1.29, 1.82) is 0 Å². The molecule has 0 bridgehead atoms. The fourth-order valence-corrected chi connectivity index (χ4v) is 3.66. The van der Waals surface area contributed by atoms with Crippen LogP contribution in [0.3, 0.4) is 0 Å². The number of imide groups is 1. The normalized spacial score (nSPS) is 21.4. The molecule has 130 valence electrons. The van der Waals surface area contributed by atoms with Crippen LogP contribution in [0, 0.1) is 5.92 Å². The van der Waals surface area contributed by atoms with E-state index in [2.05, 4.69) is 5.16 Å². The van der Waals surface area contributed by atoms with E-state index in [0.29, 0.717) is 4.88 Å². The number of hydrogen-bond acceptors (Lipinski definition) is 7. The number of carboxylic acid groups (broad SMARTS) is 1. The van der Waals surface area contributed by atoms with Crippen LogP contribution in [0.2, 0.25) is 0 Å². The van der Waals surface area contributed by atoms with E-state index in [1.165, 1.54) is 35.6 Å². The zero-order chi connectivity index (χ0) is 18.4. The fraction of sp³-hybridized carbons (Fsp3) is 0.118. The van der Waals surface area contributed by atoms with E-state index in [9.17, 15) is 24.3 Å². The lowest BCUT2D eigenvalue weighted by Crippen LogP contribution is -2.35. The zero-order valence-corrected chi connectivity index (χ0v) is 13.8. The van der Waals surface area contributed by atoms with E-state index in [1.807, 2.05) is 0 Å². The minimum absolute atomic E-state index is 0.0593. The number of nitrogens with zero attached hydrogens (tertiary/aromatic N) is 2. The Hall–Kier alpha value is -3.33. The second-order valence-corrected chi connectivity index (χ2v) is 6.57. The predicted molar refractivity (Wildman–Crippen MR) is 90.3 cm³/mol. The number of Topliss-reactive ketones (excluding diaryl/α,β-unsaturated/α-hetero) is 1. The van der Waals surface area contributed by atoms with Crippen molar-refractivity contribution in [3.05, 3.63) is 52.2 Å². The quantitative estimate of drug-likeness (QED) is 0.646. The summed E-state index contributed by atoms with van der Waals surface area (Å²) in [5.41, 5.74) is -0.403. The number of rotatable bonds is 4. The minimum atomic E-state index is -1.28. The van der Waals surface area contributed by atoms with E-state index in [4.69, 9.17) is 4.84 Å². The summed E-state index contributed by atoms with van der Waals surface area (Å²) >= 11 is 1.18. The molecule has 2 unspecified atom stereocenters. The maximum absolute atomic E-state index is 12.9. The molecule has 1 N–H and O–H groups in total. The first-order valence-corrected chi connectivity index (χ1v) is 8.40. The lowest BCUT2D eigenvalue weighted by atomic mass is 9.96. The van der Waals surface area contributed by atoms with Gasteiger partial charge in [-0.2, -0.15) is 0 Å². The third kappa shape index (κ3) is 2.25. The third-order valence-corrected chi connectivity index (χ3v) is 5.03. The molecule has 0 spiro atoms. The summed E-state index contributed by atoms with van der Waals surface area (Å²) in [6, 6.07) is 8.92. The standard InChI is InChI=1S/C17H10N2O6S/c20-13(10-6-3-7-26-10)12-11-14(25-18-12)16(22)19(15(11)21)9-5-2-1-4-8(9)17(23)24/h1-7,11,14H,(H,23,24). The van der Waals surface area contributed by atoms with Crippen molar-refractivity contribution in [3.63, 3.8) is 0 Å². The van der Waals surface area contributed by atoms with Gasteiger partial charge in [0.15, 0.2) is 0 Å². The van der Waals surface area contributed by atoms with Gasteiger partial charge < -0.3 is 9.94 Å². The summed E-state index contributed by atoms with van der Waals surface area (Å²) in [5.74, 6) is -4.41. The highest BCUT2D eigenvalue weighted by Gasteiger charge is 2.58. The van der Waals surface area contributed by atoms with Gasteiger partial charge in [0.05, 0.1) is 16.1 Å². The predicted octanol–water partition coefficient (Wildman–Crippen LogP) is 1.57. The van der Waals surface area contributed by atoms with Crippen LogP contribution in [-0.2, 0) is 14.4 Å². The molecule has 1 fully saturated rings. The summed E-state index contributed by atoms with van der Waals surface area (Å²) in [5, 5.41) is 14.7. The second-order valence-electron chi connectivity index (χ2n) is 5.62. The molecule has 1 aromatic heterocycles. The Bertz CT molecular complexity index is 981. The molecule has 0 aliphatic carbocycles. The summed E-state index contributed by atoms with van der Waals surface area (Å²) in [6.45, 7) is 0. The Balaban J connectivity index is 1.72. The van der Waals surface area contributed by atoms with Gasteiger partial charge in [-0.1, -0.05) is 23.4 Å². The first kappa shape index (κ1) is 16.2. The van der Waals surface area contributed by atoms with Crippen LogP contribution in [0.1, 0.15) is 20.0 Å². The SMILES string of the molecule is O=C(C1=NOC2C(=O)N(c3ccccc3C(=O)O)C(=O)C12)c1cccs1. The monoisotopic (exact) mass is 370 g/mol. The number of carboxylic acids is 1. The molecule has 2 aliphatic heterocycles. The molecule has 1 aromatic carbocycles. The molecule has 0 saturated carbocycles. The Morgan fingerprint density at radius 1 is 1.12 bits per heavy atom. The number of ketones is 1. The number of oxime groups is 1. The number of thiophene rings is 1. The summed E-state index contributed by atoms with van der Waals surface area (Å²) in [7, 11) is 0. The van der Waals surface area contributed by atoms with Crippen LogP contribution in [0.5, 0.6) is 0 Å². The molecule has 2 aromatic rings. The molecule has 0 radical (unpaired) electrons. The highest BCUT2D eigenvalue weighted by molar-refractivity contribution is 7.13. The topological polar surface area (TPSA) is 113 Å². The van der Waals surface area contributed by atoms with E-state index in [0.717, 1.165) is 4.90 Å². The maximum atomic E-state index is 12.9. The Morgan fingerprint density at radius 3 is 2.58 bits per heavy atom. The van der Waals surface area contributed by atoms with Crippen molar-refractivity contribution in [3.8, 4) is 0 Å². The van der Waals surface area contributed by atoms with Gasteiger partial charge in [0, 0.05) is 0 Å². The molecule has 8 nitrogen and oxygen atoms in total. The summed E-state index contributed by atoms with van der Waals surface area (Å²) < 4.78 is 0. The molecule has 3 heterocycles. The first-order valence-electron chi connectivity index (χ1n) is 7.52. The Kier molecular flexibility index (Phi) is 3.66. The molecule has 2 aliphatic rings. The second kappa shape index (κ2) is 5.88. The van der Waals surface area contributed by atoms with E-state index < -0.39 is 35.6 Å².